The number of hydrogen-bond acceptors (Lipinski definition) is 0. The van der Waals surface area contributed by atoms with Crippen molar-refractivity contribution in [1.82, 2.24) is 0 Å². The van der Waals surface area contributed by atoms with Crippen molar-refractivity contribution in [3.05, 3.63) is 38.2 Å². The molecule has 2 aliphatic rings. The maximum Gasteiger partial charge on any atom is 2.00 e. The van der Waals surface area contributed by atoms with Crippen molar-refractivity contribution < 1.29 is 19.5 Å². The van der Waals surface area contributed by atoms with E-state index in [4.69, 9.17) is 0 Å². The molecule has 2 atom stereocenters. The van der Waals surface area contributed by atoms with E-state index in [1.807, 2.05) is 0 Å². The molecule has 0 spiro atoms. The first kappa shape index (κ1) is 21.1. The fourth-order valence-electron chi connectivity index (χ4n) is 3.36. The minimum absolute atomic E-state index is 0. The Balaban J connectivity index is 0.000000364. The Hall–Kier alpha value is 0.103. The Morgan fingerprint density at radius 1 is 0.762 bits per heavy atom. The van der Waals surface area contributed by atoms with Crippen LogP contribution in [0, 0.1) is 46.3 Å². The fraction of sp³-hybridized carbons (Fsp3) is 0.700. The van der Waals surface area contributed by atoms with Crippen LogP contribution in [0.4, 0.5) is 0 Å². The van der Waals surface area contributed by atoms with E-state index in [2.05, 4.69) is 93.5 Å². The molecule has 0 aromatic carbocycles. The predicted octanol–water partition coefficient (Wildman–Crippen LogP) is 6.12. The summed E-state index contributed by atoms with van der Waals surface area (Å²) in [5.41, 5.74) is 1.50. The Morgan fingerprint density at radius 3 is 1.00 bits per heavy atom. The van der Waals surface area contributed by atoms with Gasteiger partial charge in [-0.1, -0.05) is 67.5 Å². The second-order valence-electron chi connectivity index (χ2n) is 8.98. The van der Waals surface area contributed by atoms with Crippen molar-refractivity contribution >= 4 is 0 Å². The first-order valence-corrected chi connectivity index (χ1v) is 7.79. The van der Waals surface area contributed by atoms with Crippen molar-refractivity contribution in [2.24, 2.45) is 33.5 Å². The van der Waals surface area contributed by atoms with Crippen LogP contribution in [0.1, 0.15) is 55.4 Å². The molecular weight excluding hydrogens is 306 g/mol. The van der Waals surface area contributed by atoms with Gasteiger partial charge in [0.15, 0.2) is 0 Å². The third kappa shape index (κ3) is 5.05. The first-order chi connectivity index (χ1) is 8.80. The average Bonchev–Trinajstić information content (AvgIpc) is 3.16. The van der Waals surface area contributed by atoms with Crippen LogP contribution in [-0.4, -0.2) is 0 Å². The molecule has 0 aromatic heterocycles. The van der Waals surface area contributed by atoms with Gasteiger partial charge < -0.3 is 12.8 Å². The van der Waals surface area contributed by atoms with E-state index in [0.29, 0.717) is 21.7 Å². The van der Waals surface area contributed by atoms with Gasteiger partial charge in [0.2, 0.25) is 0 Å². The molecule has 116 valence electrons. The molecule has 2 rings (SSSR count). The molecule has 0 nitrogen and oxygen atoms in total. The molecule has 0 saturated heterocycles. The summed E-state index contributed by atoms with van der Waals surface area (Å²) in [6.45, 7) is 25.8. The summed E-state index contributed by atoms with van der Waals surface area (Å²) in [6.07, 6.45) is 8.91. The molecule has 21 heavy (non-hydrogen) atoms. The Kier molecular flexibility index (Phi) is 6.34. The Labute approximate surface area is 146 Å². The van der Waals surface area contributed by atoms with Gasteiger partial charge in [-0.2, -0.15) is 22.7 Å². The minimum atomic E-state index is 0. The van der Waals surface area contributed by atoms with Gasteiger partial charge >= 0.3 is 19.5 Å². The van der Waals surface area contributed by atoms with Crippen LogP contribution in [0.2, 0.25) is 0 Å². The summed E-state index contributed by atoms with van der Waals surface area (Å²) < 4.78 is 0. The number of hydrogen-bond donors (Lipinski definition) is 0. The van der Waals surface area contributed by atoms with Crippen molar-refractivity contribution in [3.8, 4) is 0 Å². The third-order valence-electron chi connectivity index (χ3n) is 5.23. The normalized spacial score (nSPS) is 28.4. The van der Waals surface area contributed by atoms with E-state index in [0.717, 1.165) is 11.8 Å². The van der Waals surface area contributed by atoms with Crippen molar-refractivity contribution in [1.29, 1.82) is 0 Å². The van der Waals surface area contributed by atoms with Gasteiger partial charge in [0.1, 0.15) is 0 Å². The molecule has 0 heterocycles. The topological polar surface area (TPSA) is 0 Å². The van der Waals surface area contributed by atoms with Crippen LogP contribution in [0.25, 0.3) is 0 Å². The quantitative estimate of drug-likeness (QED) is 0.329. The molecule has 0 radical (unpaired) electrons. The average molecular weight is 340 g/mol. The largest absolute Gasteiger partial charge is 2.00 e. The zero-order chi connectivity index (χ0) is 16.0. The van der Waals surface area contributed by atoms with Crippen LogP contribution in [-0.2, 0) is 19.5 Å². The summed E-state index contributed by atoms with van der Waals surface area (Å²) >= 11 is 0. The minimum Gasteiger partial charge on any atom is -0.323 e. The van der Waals surface area contributed by atoms with E-state index in [-0.39, 0.29) is 19.5 Å². The van der Waals surface area contributed by atoms with Crippen LogP contribution < -0.4 is 0 Å². The van der Waals surface area contributed by atoms with Gasteiger partial charge in [0.25, 0.3) is 0 Å². The summed E-state index contributed by atoms with van der Waals surface area (Å²) in [5.74, 6) is 1.47. The predicted molar refractivity (Wildman–Crippen MR) is 91.1 cm³/mol. The smallest absolute Gasteiger partial charge is 0.323 e. The van der Waals surface area contributed by atoms with Gasteiger partial charge in [0.05, 0.1) is 0 Å². The summed E-state index contributed by atoms with van der Waals surface area (Å²) in [6, 6.07) is 0. The SMILES string of the molecule is C=CC(C)(C)[C@@H]1[CH-]C1(C)C.C=CC(C)(C)[C@@H]1[CH-]C1(C)C.[Zn+2]. The second kappa shape index (κ2) is 6.31. The number of rotatable bonds is 4. The number of allylic oxidation sites excluding steroid dienone is 2. The van der Waals surface area contributed by atoms with Crippen molar-refractivity contribution in [2.75, 3.05) is 0 Å². The van der Waals surface area contributed by atoms with Crippen LogP contribution >= 0.6 is 0 Å². The van der Waals surface area contributed by atoms with E-state index >= 15 is 0 Å². The van der Waals surface area contributed by atoms with E-state index in [1.54, 1.807) is 0 Å². The standard InChI is InChI=1S/2C10H17.Zn/c2*1-6-9(2,3)8-7-10(8,4)5;/h2*6-8H,1H2,2-5H3;/q2*-1;+2/t2*8-;/m00./s1. The maximum atomic E-state index is 3.84. The fourth-order valence-corrected chi connectivity index (χ4v) is 3.36. The third-order valence-corrected chi connectivity index (χ3v) is 5.23. The Bertz CT molecular complexity index is 347. The van der Waals surface area contributed by atoms with Gasteiger partial charge in [-0.05, 0) is 10.8 Å². The Morgan fingerprint density at radius 2 is 0.952 bits per heavy atom. The molecule has 2 fully saturated rings. The summed E-state index contributed by atoms with van der Waals surface area (Å²) in [5, 5.41) is 0. The summed E-state index contributed by atoms with van der Waals surface area (Å²) in [4.78, 5) is 0. The van der Waals surface area contributed by atoms with Gasteiger partial charge in [-0.15, -0.1) is 13.2 Å². The van der Waals surface area contributed by atoms with Gasteiger partial charge in [-0.3, -0.25) is 0 Å². The molecule has 1 heteroatoms. The monoisotopic (exact) mass is 338 g/mol. The second-order valence-corrected chi connectivity index (χ2v) is 8.98. The van der Waals surface area contributed by atoms with Gasteiger partial charge in [-0.25, -0.2) is 0 Å². The van der Waals surface area contributed by atoms with E-state index < -0.39 is 0 Å². The van der Waals surface area contributed by atoms with Crippen LogP contribution in [0.15, 0.2) is 25.3 Å². The molecule has 0 bridgehead atoms. The summed E-state index contributed by atoms with van der Waals surface area (Å²) in [7, 11) is 0. The molecule has 0 amide bonds. The van der Waals surface area contributed by atoms with Crippen LogP contribution in [0.3, 0.4) is 0 Å². The van der Waals surface area contributed by atoms with Crippen molar-refractivity contribution in [3.63, 3.8) is 0 Å². The molecule has 2 aliphatic carbocycles. The zero-order valence-electron chi connectivity index (χ0n) is 15.6. The molecule has 0 aliphatic heterocycles. The molecule has 0 unspecified atom stereocenters. The molecular formula is C20H34Zn. The molecule has 2 saturated carbocycles. The molecule has 0 aromatic rings. The molecule has 0 N–H and O–H groups in total. The maximum absolute atomic E-state index is 3.84. The van der Waals surface area contributed by atoms with E-state index in [1.165, 1.54) is 0 Å². The first-order valence-electron chi connectivity index (χ1n) is 7.79. The van der Waals surface area contributed by atoms with Crippen LogP contribution in [0.5, 0.6) is 0 Å². The zero-order valence-corrected chi connectivity index (χ0v) is 18.6. The van der Waals surface area contributed by atoms with Crippen molar-refractivity contribution in [2.45, 2.75) is 55.4 Å². The van der Waals surface area contributed by atoms with E-state index in [9.17, 15) is 0 Å². The van der Waals surface area contributed by atoms with Gasteiger partial charge in [0, 0.05) is 0 Å².